The van der Waals surface area contributed by atoms with Crippen molar-refractivity contribution >= 4 is 11.6 Å². The molecule has 0 atom stereocenters. The SMILES string of the molecule is CNC1CCC(c2[nH]ncc2-c2ccc(Cl)cc2)CC1. The Morgan fingerprint density at radius 2 is 1.85 bits per heavy atom. The van der Waals surface area contributed by atoms with Crippen LogP contribution in [0.4, 0.5) is 0 Å². The van der Waals surface area contributed by atoms with Gasteiger partial charge >= 0.3 is 0 Å². The first kappa shape index (κ1) is 13.7. The van der Waals surface area contributed by atoms with E-state index < -0.39 is 0 Å². The van der Waals surface area contributed by atoms with E-state index in [0.29, 0.717) is 12.0 Å². The van der Waals surface area contributed by atoms with Crippen molar-refractivity contribution in [3.63, 3.8) is 0 Å². The van der Waals surface area contributed by atoms with E-state index in [9.17, 15) is 0 Å². The number of rotatable bonds is 3. The van der Waals surface area contributed by atoms with Gasteiger partial charge in [0.2, 0.25) is 0 Å². The van der Waals surface area contributed by atoms with Crippen molar-refractivity contribution in [3.05, 3.63) is 41.2 Å². The second-order valence-corrected chi connectivity index (χ2v) is 5.98. The molecule has 4 heteroatoms. The van der Waals surface area contributed by atoms with Crippen LogP contribution in [0.3, 0.4) is 0 Å². The van der Waals surface area contributed by atoms with Crippen LogP contribution in [0.25, 0.3) is 11.1 Å². The third-order valence-electron chi connectivity index (χ3n) is 4.37. The first-order chi connectivity index (χ1) is 9.78. The van der Waals surface area contributed by atoms with Crippen LogP contribution in [-0.2, 0) is 0 Å². The molecular formula is C16H20ClN3. The molecule has 20 heavy (non-hydrogen) atoms. The number of halogens is 1. The average molecular weight is 290 g/mol. The van der Waals surface area contributed by atoms with Crippen LogP contribution < -0.4 is 5.32 Å². The lowest BCUT2D eigenvalue weighted by Crippen LogP contribution is -2.29. The summed E-state index contributed by atoms with van der Waals surface area (Å²) in [6.45, 7) is 0. The molecule has 1 fully saturated rings. The number of nitrogens with zero attached hydrogens (tertiary/aromatic N) is 1. The van der Waals surface area contributed by atoms with Gasteiger partial charge in [-0.05, 0) is 50.4 Å². The number of H-pyrrole nitrogens is 1. The van der Waals surface area contributed by atoms with Gasteiger partial charge in [0, 0.05) is 28.2 Å². The topological polar surface area (TPSA) is 40.7 Å². The molecule has 2 aromatic rings. The molecule has 0 amide bonds. The fourth-order valence-electron chi connectivity index (χ4n) is 3.14. The molecule has 0 saturated heterocycles. The lowest BCUT2D eigenvalue weighted by atomic mass is 9.82. The van der Waals surface area contributed by atoms with Gasteiger partial charge in [-0.25, -0.2) is 0 Å². The predicted molar refractivity (Wildman–Crippen MR) is 83.1 cm³/mol. The van der Waals surface area contributed by atoms with Crippen molar-refractivity contribution in [1.29, 1.82) is 0 Å². The van der Waals surface area contributed by atoms with E-state index in [-0.39, 0.29) is 0 Å². The molecule has 1 aliphatic rings. The minimum atomic E-state index is 0.591. The second-order valence-electron chi connectivity index (χ2n) is 5.54. The zero-order chi connectivity index (χ0) is 13.9. The molecular weight excluding hydrogens is 270 g/mol. The van der Waals surface area contributed by atoms with Gasteiger partial charge in [0.05, 0.1) is 6.20 Å². The minimum Gasteiger partial charge on any atom is -0.317 e. The van der Waals surface area contributed by atoms with Gasteiger partial charge in [-0.1, -0.05) is 23.7 Å². The van der Waals surface area contributed by atoms with Crippen LogP contribution in [-0.4, -0.2) is 23.3 Å². The molecule has 1 aromatic carbocycles. The van der Waals surface area contributed by atoms with E-state index in [1.807, 2.05) is 18.3 Å². The molecule has 1 aromatic heterocycles. The van der Waals surface area contributed by atoms with Crippen molar-refractivity contribution < 1.29 is 0 Å². The van der Waals surface area contributed by atoms with Crippen molar-refractivity contribution in [2.24, 2.45) is 0 Å². The fourth-order valence-corrected chi connectivity index (χ4v) is 3.26. The summed E-state index contributed by atoms with van der Waals surface area (Å²) in [6, 6.07) is 8.68. The Labute approximate surface area is 124 Å². The van der Waals surface area contributed by atoms with Crippen LogP contribution in [0, 0.1) is 0 Å². The highest BCUT2D eigenvalue weighted by atomic mass is 35.5. The molecule has 1 saturated carbocycles. The van der Waals surface area contributed by atoms with Crippen LogP contribution in [0.1, 0.15) is 37.3 Å². The molecule has 2 N–H and O–H groups in total. The van der Waals surface area contributed by atoms with E-state index in [1.54, 1.807) is 0 Å². The molecule has 0 radical (unpaired) electrons. The zero-order valence-corrected chi connectivity index (χ0v) is 12.5. The fraction of sp³-hybridized carbons (Fsp3) is 0.438. The first-order valence-corrected chi connectivity index (χ1v) is 7.62. The minimum absolute atomic E-state index is 0.591. The molecule has 3 rings (SSSR count). The summed E-state index contributed by atoms with van der Waals surface area (Å²) in [7, 11) is 2.06. The quantitative estimate of drug-likeness (QED) is 0.897. The Bertz CT molecular complexity index is 553. The lowest BCUT2D eigenvalue weighted by molar-refractivity contribution is 0.355. The zero-order valence-electron chi connectivity index (χ0n) is 11.7. The molecule has 1 aliphatic carbocycles. The summed E-state index contributed by atoms with van der Waals surface area (Å²) in [4.78, 5) is 0. The molecule has 1 heterocycles. The number of hydrogen-bond donors (Lipinski definition) is 2. The molecule has 0 unspecified atom stereocenters. The van der Waals surface area contributed by atoms with Gasteiger partial charge < -0.3 is 5.32 Å². The summed E-state index contributed by atoms with van der Waals surface area (Å²) >= 11 is 5.96. The van der Waals surface area contributed by atoms with Gasteiger partial charge in [0.25, 0.3) is 0 Å². The monoisotopic (exact) mass is 289 g/mol. The van der Waals surface area contributed by atoms with Crippen LogP contribution >= 0.6 is 11.6 Å². The molecule has 0 aliphatic heterocycles. The third-order valence-corrected chi connectivity index (χ3v) is 4.62. The van der Waals surface area contributed by atoms with E-state index in [1.165, 1.54) is 42.5 Å². The van der Waals surface area contributed by atoms with E-state index in [4.69, 9.17) is 11.6 Å². The number of benzene rings is 1. The summed E-state index contributed by atoms with van der Waals surface area (Å²) in [6.07, 6.45) is 6.84. The Morgan fingerprint density at radius 1 is 1.15 bits per heavy atom. The van der Waals surface area contributed by atoms with E-state index in [2.05, 4.69) is 34.7 Å². The Kier molecular flexibility index (Phi) is 4.08. The van der Waals surface area contributed by atoms with Crippen molar-refractivity contribution in [3.8, 4) is 11.1 Å². The number of nitrogens with one attached hydrogen (secondary N) is 2. The van der Waals surface area contributed by atoms with Crippen molar-refractivity contribution in [2.75, 3.05) is 7.05 Å². The summed E-state index contributed by atoms with van der Waals surface area (Å²) < 4.78 is 0. The number of hydrogen-bond acceptors (Lipinski definition) is 2. The van der Waals surface area contributed by atoms with Gasteiger partial charge in [-0.2, -0.15) is 5.10 Å². The standard InChI is InChI=1S/C16H20ClN3/c1-18-14-8-4-12(5-9-14)16-15(10-19-20-16)11-2-6-13(17)7-3-11/h2-3,6-7,10,12,14,18H,4-5,8-9H2,1H3,(H,19,20). The normalized spacial score (nSPS) is 22.9. The summed E-state index contributed by atoms with van der Waals surface area (Å²) in [5.41, 5.74) is 3.69. The van der Waals surface area contributed by atoms with Gasteiger partial charge in [0.1, 0.15) is 0 Å². The van der Waals surface area contributed by atoms with Gasteiger partial charge in [-0.15, -0.1) is 0 Å². The second kappa shape index (κ2) is 5.98. The maximum Gasteiger partial charge on any atom is 0.0568 e. The highest BCUT2D eigenvalue weighted by Gasteiger charge is 2.24. The predicted octanol–water partition coefficient (Wildman–Crippen LogP) is 3.98. The average Bonchev–Trinajstić information content (AvgIpc) is 2.97. The molecule has 0 bridgehead atoms. The Balaban J connectivity index is 1.82. The Morgan fingerprint density at radius 3 is 2.50 bits per heavy atom. The largest absolute Gasteiger partial charge is 0.317 e. The number of aromatic nitrogens is 2. The molecule has 0 spiro atoms. The van der Waals surface area contributed by atoms with Crippen LogP contribution in [0.2, 0.25) is 5.02 Å². The van der Waals surface area contributed by atoms with Gasteiger partial charge in [-0.3, -0.25) is 5.10 Å². The maximum atomic E-state index is 5.96. The molecule has 3 nitrogen and oxygen atoms in total. The Hall–Kier alpha value is -1.32. The third kappa shape index (κ3) is 2.74. The van der Waals surface area contributed by atoms with Crippen LogP contribution in [0.5, 0.6) is 0 Å². The maximum absolute atomic E-state index is 5.96. The smallest absolute Gasteiger partial charge is 0.0568 e. The van der Waals surface area contributed by atoms with Gasteiger partial charge in [0.15, 0.2) is 0 Å². The highest BCUT2D eigenvalue weighted by Crippen LogP contribution is 2.37. The van der Waals surface area contributed by atoms with E-state index >= 15 is 0 Å². The first-order valence-electron chi connectivity index (χ1n) is 7.24. The lowest BCUT2D eigenvalue weighted by Gasteiger charge is -2.28. The summed E-state index contributed by atoms with van der Waals surface area (Å²) in [5.74, 6) is 0.591. The van der Waals surface area contributed by atoms with Crippen LogP contribution in [0.15, 0.2) is 30.5 Å². The molecule has 106 valence electrons. The van der Waals surface area contributed by atoms with E-state index in [0.717, 1.165) is 5.02 Å². The van der Waals surface area contributed by atoms with Crippen molar-refractivity contribution in [1.82, 2.24) is 15.5 Å². The summed E-state index contributed by atoms with van der Waals surface area (Å²) in [5, 5.41) is 11.6. The number of aromatic amines is 1. The van der Waals surface area contributed by atoms with Crippen molar-refractivity contribution in [2.45, 2.75) is 37.6 Å². The highest BCUT2D eigenvalue weighted by molar-refractivity contribution is 6.30.